The van der Waals surface area contributed by atoms with Crippen molar-refractivity contribution in [1.82, 2.24) is 10.2 Å². The number of rotatable bonds is 5. The minimum atomic E-state index is -0.228. The monoisotopic (exact) mass is 342 g/mol. The molecular formula is C15H20BrFN2O. The predicted octanol–water partition coefficient (Wildman–Crippen LogP) is 3.08. The van der Waals surface area contributed by atoms with Gasteiger partial charge < -0.3 is 10.2 Å². The highest BCUT2D eigenvalue weighted by Crippen LogP contribution is 2.15. The van der Waals surface area contributed by atoms with Crippen LogP contribution in [0.15, 0.2) is 22.7 Å². The second kappa shape index (κ2) is 7.74. The van der Waals surface area contributed by atoms with Crippen molar-refractivity contribution in [2.75, 3.05) is 19.6 Å². The smallest absolute Gasteiger partial charge is 0.223 e. The minimum Gasteiger partial charge on any atom is -0.343 e. The van der Waals surface area contributed by atoms with Crippen LogP contribution < -0.4 is 5.32 Å². The molecule has 0 saturated carbocycles. The zero-order chi connectivity index (χ0) is 14.4. The topological polar surface area (TPSA) is 32.3 Å². The first-order valence-electron chi connectivity index (χ1n) is 7.09. The molecule has 110 valence electrons. The van der Waals surface area contributed by atoms with Gasteiger partial charge in [0.15, 0.2) is 0 Å². The van der Waals surface area contributed by atoms with E-state index in [4.69, 9.17) is 0 Å². The Morgan fingerprint density at radius 1 is 1.30 bits per heavy atom. The number of hydrogen-bond acceptors (Lipinski definition) is 2. The van der Waals surface area contributed by atoms with E-state index in [9.17, 15) is 9.18 Å². The van der Waals surface area contributed by atoms with Gasteiger partial charge in [0.05, 0.1) is 0 Å². The lowest BCUT2D eigenvalue weighted by Crippen LogP contribution is -2.37. The fourth-order valence-corrected chi connectivity index (χ4v) is 2.72. The van der Waals surface area contributed by atoms with E-state index in [1.54, 1.807) is 6.07 Å². The summed E-state index contributed by atoms with van der Waals surface area (Å²) in [5, 5.41) is 3.13. The van der Waals surface area contributed by atoms with Crippen LogP contribution in [0.2, 0.25) is 0 Å². The Labute approximate surface area is 127 Å². The van der Waals surface area contributed by atoms with Gasteiger partial charge in [0.1, 0.15) is 5.82 Å². The van der Waals surface area contributed by atoms with Crippen LogP contribution in [0.4, 0.5) is 4.39 Å². The van der Waals surface area contributed by atoms with Gasteiger partial charge in [-0.05, 0) is 31.4 Å². The van der Waals surface area contributed by atoms with Crippen molar-refractivity contribution in [1.29, 1.82) is 0 Å². The number of nitrogens with zero attached hydrogens (tertiary/aromatic N) is 1. The molecule has 1 fully saturated rings. The predicted molar refractivity (Wildman–Crippen MR) is 80.9 cm³/mol. The molecule has 0 radical (unpaired) electrons. The maximum atomic E-state index is 13.6. The highest BCUT2D eigenvalue weighted by atomic mass is 79.9. The molecule has 1 saturated heterocycles. The van der Waals surface area contributed by atoms with Crippen molar-refractivity contribution in [3.8, 4) is 0 Å². The van der Waals surface area contributed by atoms with Crippen LogP contribution in [0, 0.1) is 5.82 Å². The second-order valence-corrected chi connectivity index (χ2v) is 6.02. The van der Waals surface area contributed by atoms with Crippen LogP contribution >= 0.6 is 15.9 Å². The number of amides is 1. The first kappa shape index (κ1) is 15.4. The van der Waals surface area contributed by atoms with E-state index in [1.165, 1.54) is 12.5 Å². The summed E-state index contributed by atoms with van der Waals surface area (Å²) in [6, 6.07) is 5.02. The first-order chi connectivity index (χ1) is 9.66. The number of likely N-dealkylation sites (tertiary alicyclic amines) is 1. The summed E-state index contributed by atoms with van der Waals surface area (Å²) in [6.07, 6.45) is 3.94. The Bertz CT molecular complexity index is 461. The lowest BCUT2D eigenvalue weighted by Gasteiger charge is -2.26. The number of piperidine rings is 1. The van der Waals surface area contributed by atoms with Crippen molar-refractivity contribution in [2.45, 2.75) is 32.2 Å². The van der Waals surface area contributed by atoms with E-state index >= 15 is 0 Å². The van der Waals surface area contributed by atoms with Gasteiger partial charge in [-0.15, -0.1) is 0 Å². The van der Waals surface area contributed by atoms with Crippen LogP contribution in [0.1, 0.15) is 31.2 Å². The Hall–Kier alpha value is -0.940. The summed E-state index contributed by atoms with van der Waals surface area (Å²) >= 11 is 3.23. The SMILES string of the molecule is O=C(CCNCc1ccc(Br)cc1F)N1CCCCC1. The number of halogens is 2. The Kier molecular flexibility index (Phi) is 5.98. The van der Waals surface area contributed by atoms with Crippen molar-refractivity contribution in [3.05, 3.63) is 34.1 Å². The third-order valence-electron chi connectivity index (χ3n) is 3.55. The van der Waals surface area contributed by atoms with Crippen LogP contribution in [0.5, 0.6) is 0 Å². The lowest BCUT2D eigenvalue weighted by atomic mass is 10.1. The number of nitrogens with one attached hydrogen (secondary N) is 1. The summed E-state index contributed by atoms with van der Waals surface area (Å²) in [7, 11) is 0. The molecule has 1 aromatic carbocycles. The van der Waals surface area contributed by atoms with Crippen LogP contribution in [-0.4, -0.2) is 30.4 Å². The summed E-state index contributed by atoms with van der Waals surface area (Å²) in [5.74, 6) is -0.0253. The van der Waals surface area contributed by atoms with Gasteiger partial charge in [-0.3, -0.25) is 4.79 Å². The second-order valence-electron chi connectivity index (χ2n) is 5.10. The number of carbonyl (C=O) groups excluding carboxylic acids is 1. The Balaban J connectivity index is 1.69. The maximum absolute atomic E-state index is 13.6. The first-order valence-corrected chi connectivity index (χ1v) is 7.88. The van der Waals surface area contributed by atoms with E-state index in [1.807, 2.05) is 11.0 Å². The maximum Gasteiger partial charge on any atom is 0.223 e. The van der Waals surface area contributed by atoms with Gasteiger partial charge >= 0.3 is 0 Å². The summed E-state index contributed by atoms with van der Waals surface area (Å²) < 4.78 is 14.3. The van der Waals surface area contributed by atoms with Gasteiger partial charge in [0.2, 0.25) is 5.91 Å². The number of carbonyl (C=O) groups is 1. The van der Waals surface area contributed by atoms with Gasteiger partial charge in [-0.25, -0.2) is 4.39 Å². The number of hydrogen-bond donors (Lipinski definition) is 1. The molecule has 1 aromatic rings. The van der Waals surface area contributed by atoms with Crippen LogP contribution in [0.25, 0.3) is 0 Å². The Morgan fingerprint density at radius 2 is 2.05 bits per heavy atom. The number of benzene rings is 1. The van der Waals surface area contributed by atoms with Crippen LogP contribution in [-0.2, 0) is 11.3 Å². The molecule has 0 aliphatic carbocycles. The van der Waals surface area contributed by atoms with Gasteiger partial charge in [-0.1, -0.05) is 22.0 Å². The van der Waals surface area contributed by atoms with Gasteiger partial charge in [-0.2, -0.15) is 0 Å². The average Bonchev–Trinajstić information content (AvgIpc) is 2.46. The van der Waals surface area contributed by atoms with E-state index in [0.29, 0.717) is 25.1 Å². The zero-order valence-electron chi connectivity index (χ0n) is 11.5. The van der Waals surface area contributed by atoms with E-state index in [2.05, 4.69) is 21.2 Å². The van der Waals surface area contributed by atoms with E-state index in [-0.39, 0.29) is 11.7 Å². The van der Waals surface area contributed by atoms with Gasteiger partial charge in [0.25, 0.3) is 0 Å². The molecule has 0 bridgehead atoms. The largest absolute Gasteiger partial charge is 0.343 e. The van der Waals surface area contributed by atoms with Crippen molar-refractivity contribution in [2.24, 2.45) is 0 Å². The molecule has 0 aromatic heterocycles. The summed E-state index contributed by atoms with van der Waals surface area (Å²) in [4.78, 5) is 13.9. The van der Waals surface area contributed by atoms with E-state index < -0.39 is 0 Å². The highest BCUT2D eigenvalue weighted by molar-refractivity contribution is 9.10. The summed E-state index contributed by atoms with van der Waals surface area (Å²) in [6.45, 7) is 2.82. The molecule has 0 unspecified atom stereocenters. The average molecular weight is 343 g/mol. The fraction of sp³-hybridized carbons (Fsp3) is 0.533. The van der Waals surface area contributed by atoms with Crippen molar-refractivity contribution in [3.63, 3.8) is 0 Å². The molecule has 1 amide bonds. The molecule has 5 heteroatoms. The molecule has 3 nitrogen and oxygen atoms in total. The standard InChI is InChI=1S/C15H20BrFN2O/c16-13-5-4-12(14(17)10-13)11-18-7-6-15(20)19-8-2-1-3-9-19/h4-5,10,18H,1-3,6-9,11H2. The van der Waals surface area contributed by atoms with Crippen molar-refractivity contribution >= 4 is 21.8 Å². The molecule has 0 atom stereocenters. The molecule has 1 aliphatic rings. The summed E-state index contributed by atoms with van der Waals surface area (Å²) in [5.41, 5.74) is 0.624. The Morgan fingerprint density at radius 3 is 2.75 bits per heavy atom. The molecule has 20 heavy (non-hydrogen) atoms. The third kappa shape index (κ3) is 4.56. The highest BCUT2D eigenvalue weighted by Gasteiger charge is 2.15. The zero-order valence-corrected chi connectivity index (χ0v) is 13.1. The van der Waals surface area contributed by atoms with Crippen molar-refractivity contribution < 1.29 is 9.18 Å². The van der Waals surface area contributed by atoms with E-state index in [0.717, 1.165) is 30.4 Å². The minimum absolute atomic E-state index is 0.202. The lowest BCUT2D eigenvalue weighted by molar-refractivity contribution is -0.131. The van der Waals surface area contributed by atoms with Gasteiger partial charge in [0, 0.05) is 42.6 Å². The molecule has 1 N–H and O–H groups in total. The molecule has 1 aliphatic heterocycles. The fourth-order valence-electron chi connectivity index (χ4n) is 2.38. The molecule has 1 heterocycles. The molecular weight excluding hydrogens is 323 g/mol. The third-order valence-corrected chi connectivity index (χ3v) is 4.05. The van der Waals surface area contributed by atoms with Crippen LogP contribution in [0.3, 0.4) is 0 Å². The molecule has 0 spiro atoms. The molecule has 2 rings (SSSR count). The normalized spacial score (nSPS) is 15.4. The quantitative estimate of drug-likeness (QED) is 0.834.